The van der Waals surface area contributed by atoms with Gasteiger partial charge in [-0.15, -0.1) is 0 Å². The van der Waals surface area contributed by atoms with E-state index in [4.69, 9.17) is 0 Å². The summed E-state index contributed by atoms with van der Waals surface area (Å²) < 4.78 is 9.02. The molecule has 2 aromatic carbocycles. The number of hydrogen-bond acceptors (Lipinski definition) is 6. The highest BCUT2D eigenvalue weighted by Gasteiger charge is 2.13. The minimum Gasteiger partial charge on any atom is -0.386 e. The quantitative estimate of drug-likeness (QED) is 0.464. The van der Waals surface area contributed by atoms with Crippen molar-refractivity contribution in [1.29, 1.82) is 0 Å². The zero-order chi connectivity index (χ0) is 14.0. The van der Waals surface area contributed by atoms with Gasteiger partial charge in [-0.3, -0.25) is 0 Å². The lowest BCUT2D eigenvalue weighted by molar-refractivity contribution is 0.499. The van der Waals surface area contributed by atoms with Gasteiger partial charge in [0.05, 0.1) is 21.5 Å². The van der Waals surface area contributed by atoms with E-state index < -0.39 is 22.5 Å². The highest BCUT2D eigenvalue weighted by Crippen LogP contribution is 2.22. The van der Waals surface area contributed by atoms with Gasteiger partial charge in [-0.2, -0.15) is 0 Å². The third-order valence-electron chi connectivity index (χ3n) is 3.36. The molecule has 6 heteroatoms. The number of fused-ring (bicyclic) bond motifs is 3. The molecule has 0 radical (unpaired) electrons. The average molecular weight is 268 g/mol. The SMILES string of the molecule is O=c1oc(=O)c2cc3cc4c(=O)oc(=O)c4cc3cc12. The molecular formula is C14H4O6. The molecule has 0 saturated carbocycles. The molecular weight excluding hydrogens is 264 g/mol. The fourth-order valence-corrected chi connectivity index (χ4v) is 2.41. The molecule has 4 aromatic rings. The van der Waals surface area contributed by atoms with Crippen LogP contribution in [-0.4, -0.2) is 0 Å². The smallest absolute Gasteiger partial charge is 0.346 e. The highest BCUT2D eigenvalue weighted by atomic mass is 16.4. The van der Waals surface area contributed by atoms with Crippen molar-refractivity contribution in [2.75, 3.05) is 0 Å². The maximum absolute atomic E-state index is 11.5. The Morgan fingerprint density at radius 1 is 0.500 bits per heavy atom. The molecule has 2 aromatic heterocycles. The standard InChI is InChI=1S/C14H4O6/c15-11-7-1-5-2-9-10(14(18)20-13(9)17)4-6(5)3-8(7)12(16)19-11/h1-4H. The second kappa shape index (κ2) is 3.30. The van der Waals surface area contributed by atoms with E-state index in [0.29, 0.717) is 10.8 Å². The Labute approximate surface area is 108 Å². The van der Waals surface area contributed by atoms with Gasteiger partial charge >= 0.3 is 22.5 Å². The van der Waals surface area contributed by atoms with E-state index in [2.05, 4.69) is 8.83 Å². The molecule has 0 aliphatic carbocycles. The first-order valence-corrected chi connectivity index (χ1v) is 5.69. The van der Waals surface area contributed by atoms with Crippen molar-refractivity contribution in [2.24, 2.45) is 0 Å². The van der Waals surface area contributed by atoms with E-state index in [1.54, 1.807) is 0 Å². The largest absolute Gasteiger partial charge is 0.386 e. The Balaban J connectivity index is 2.34. The van der Waals surface area contributed by atoms with Crippen molar-refractivity contribution in [3.63, 3.8) is 0 Å². The summed E-state index contributed by atoms with van der Waals surface area (Å²) in [5, 5.41) is 1.72. The van der Waals surface area contributed by atoms with Crippen molar-refractivity contribution in [3.05, 3.63) is 65.9 Å². The van der Waals surface area contributed by atoms with E-state index in [9.17, 15) is 19.2 Å². The van der Waals surface area contributed by atoms with Crippen molar-refractivity contribution in [2.45, 2.75) is 0 Å². The first-order valence-electron chi connectivity index (χ1n) is 5.69. The Bertz CT molecular complexity index is 1030. The maximum Gasteiger partial charge on any atom is 0.346 e. The molecule has 0 amide bonds. The predicted octanol–water partition coefficient (Wildman–Crippen LogP) is 0.649. The second-order valence-electron chi connectivity index (χ2n) is 4.50. The van der Waals surface area contributed by atoms with Gasteiger partial charge < -0.3 is 8.83 Å². The summed E-state index contributed by atoms with van der Waals surface area (Å²) in [5.41, 5.74) is -2.87. The molecule has 0 N–H and O–H groups in total. The van der Waals surface area contributed by atoms with E-state index in [-0.39, 0.29) is 21.5 Å². The summed E-state index contributed by atoms with van der Waals surface area (Å²) in [5.74, 6) is 0. The molecule has 0 atom stereocenters. The zero-order valence-electron chi connectivity index (χ0n) is 9.76. The average Bonchev–Trinajstić information content (AvgIpc) is 2.84. The molecule has 0 aliphatic heterocycles. The summed E-state index contributed by atoms with van der Waals surface area (Å²) in [6.07, 6.45) is 0. The van der Waals surface area contributed by atoms with Gasteiger partial charge in [-0.1, -0.05) is 0 Å². The number of rotatable bonds is 0. The maximum atomic E-state index is 11.5. The fourth-order valence-electron chi connectivity index (χ4n) is 2.41. The Morgan fingerprint density at radius 2 is 0.750 bits per heavy atom. The van der Waals surface area contributed by atoms with Gasteiger partial charge in [-0.05, 0) is 35.0 Å². The van der Waals surface area contributed by atoms with Gasteiger partial charge in [0, 0.05) is 0 Å². The van der Waals surface area contributed by atoms with Crippen LogP contribution in [-0.2, 0) is 0 Å². The molecule has 0 fully saturated rings. The molecule has 2 heterocycles. The van der Waals surface area contributed by atoms with E-state index in [0.717, 1.165) is 0 Å². The number of furan rings is 2. The van der Waals surface area contributed by atoms with Gasteiger partial charge in [0.1, 0.15) is 0 Å². The van der Waals surface area contributed by atoms with Gasteiger partial charge in [-0.25, -0.2) is 19.2 Å². The van der Waals surface area contributed by atoms with Crippen LogP contribution < -0.4 is 22.5 Å². The van der Waals surface area contributed by atoms with E-state index in [1.807, 2.05) is 0 Å². The topological polar surface area (TPSA) is 94.6 Å². The molecule has 0 bridgehead atoms. The van der Waals surface area contributed by atoms with Crippen LogP contribution in [0, 0.1) is 0 Å². The van der Waals surface area contributed by atoms with Crippen LogP contribution in [0.5, 0.6) is 0 Å². The second-order valence-corrected chi connectivity index (χ2v) is 4.50. The van der Waals surface area contributed by atoms with E-state index in [1.165, 1.54) is 24.3 Å². The van der Waals surface area contributed by atoms with Crippen LogP contribution in [0.3, 0.4) is 0 Å². The first-order chi connectivity index (χ1) is 9.54. The zero-order valence-corrected chi connectivity index (χ0v) is 9.76. The molecule has 6 nitrogen and oxygen atoms in total. The van der Waals surface area contributed by atoms with Crippen LogP contribution in [0.15, 0.2) is 52.3 Å². The number of hydrogen-bond donors (Lipinski definition) is 0. The van der Waals surface area contributed by atoms with Gasteiger partial charge in [0.25, 0.3) is 0 Å². The monoisotopic (exact) mass is 268 g/mol. The fraction of sp³-hybridized carbons (Fsp3) is 0. The summed E-state index contributed by atoms with van der Waals surface area (Å²) in [4.78, 5) is 45.9. The lowest BCUT2D eigenvalue weighted by atomic mass is 10.0. The third kappa shape index (κ3) is 1.22. The molecule has 96 valence electrons. The highest BCUT2D eigenvalue weighted by molar-refractivity contribution is 6.03. The summed E-state index contributed by atoms with van der Waals surface area (Å²) in [6.45, 7) is 0. The molecule has 0 unspecified atom stereocenters. The van der Waals surface area contributed by atoms with Crippen molar-refractivity contribution >= 4 is 32.3 Å². The van der Waals surface area contributed by atoms with Crippen LogP contribution in [0.1, 0.15) is 0 Å². The lowest BCUT2D eigenvalue weighted by Gasteiger charge is -1.96. The third-order valence-corrected chi connectivity index (χ3v) is 3.36. The normalized spacial score (nSPS) is 11.8. The summed E-state index contributed by atoms with van der Waals surface area (Å²) in [6, 6.07) is 5.87. The number of benzene rings is 2. The Kier molecular flexibility index (Phi) is 1.79. The molecule has 20 heavy (non-hydrogen) atoms. The van der Waals surface area contributed by atoms with Crippen molar-refractivity contribution in [3.8, 4) is 0 Å². The van der Waals surface area contributed by atoms with Gasteiger partial charge in [0.2, 0.25) is 0 Å². The van der Waals surface area contributed by atoms with Crippen molar-refractivity contribution < 1.29 is 8.83 Å². The van der Waals surface area contributed by atoms with Crippen LogP contribution in [0.4, 0.5) is 0 Å². The molecule has 4 rings (SSSR count). The lowest BCUT2D eigenvalue weighted by Crippen LogP contribution is -1.94. The Hall–Kier alpha value is -3.02. The Morgan fingerprint density at radius 3 is 1.00 bits per heavy atom. The summed E-state index contributed by atoms with van der Waals surface area (Å²) in [7, 11) is 0. The van der Waals surface area contributed by atoms with Crippen LogP contribution in [0.2, 0.25) is 0 Å². The van der Waals surface area contributed by atoms with Crippen LogP contribution >= 0.6 is 0 Å². The van der Waals surface area contributed by atoms with Crippen LogP contribution in [0.25, 0.3) is 32.3 Å². The van der Waals surface area contributed by atoms with Gasteiger partial charge in [0.15, 0.2) is 0 Å². The molecule has 0 saturated heterocycles. The summed E-state index contributed by atoms with van der Waals surface area (Å²) >= 11 is 0. The van der Waals surface area contributed by atoms with Crippen molar-refractivity contribution in [1.82, 2.24) is 0 Å². The first kappa shape index (κ1) is 10.9. The predicted molar refractivity (Wildman–Crippen MR) is 70.9 cm³/mol. The minimum atomic E-state index is -0.717. The minimum absolute atomic E-state index is 0.153. The molecule has 0 spiro atoms. The molecule has 0 aliphatic rings. The van der Waals surface area contributed by atoms with E-state index >= 15 is 0 Å².